The predicted octanol–water partition coefficient (Wildman–Crippen LogP) is 3.52. The van der Waals surface area contributed by atoms with Crippen molar-refractivity contribution in [3.05, 3.63) is 53.2 Å². The molecule has 0 bridgehead atoms. The van der Waals surface area contributed by atoms with Gasteiger partial charge in [0.1, 0.15) is 11.9 Å². The quantitative estimate of drug-likeness (QED) is 0.773. The summed E-state index contributed by atoms with van der Waals surface area (Å²) in [5, 5.41) is 11.1. The molecule has 0 atom stereocenters. The van der Waals surface area contributed by atoms with Crippen molar-refractivity contribution in [2.75, 3.05) is 5.32 Å². The second kappa shape index (κ2) is 7.41. The molecule has 1 aromatic heterocycles. The molecule has 30 heavy (non-hydrogen) atoms. The molecule has 0 radical (unpaired) electrons. The Bertz CT molecular complexity index is 999. The van der Waals surface area contributed by atoms with E-state index < -0.39 is 41.5 Å². The highest BCUT2D eigenvalue weighted by Crippen LogP contribution is 2.36. The van der Waals surface area contributed by atoms with Crippen LogP contribution in [0.2, 0.25) is 0 Å². The van der Waals surface area contributed by atoms with Gasteiger partial charge in [-0.05, 0) is 51.4 Å². The lowest BCUT2D eigenvalue weighted by Crippen LogP contribution is -2.41. The van der Waals surface area contributed by atoms with Gasteiger partial charge in [-0.1, -0.05) is 12.1 Å². The summed E-state index contributed by atoms with van der Waals surface area (Å²) in [5.41, 5.74) is -1.87. The Labute approximate surface area is 172 Å². The molecule has 0 saturated carbocycles. The van der Waals surface area contributed by atoms with Gasteiger partial charge >= 0.3 is 13.3 Å². The number of benzene rings is 1. The highest BCUT2D eigenvalue weighted by molar-refractivity contribution is 6.62. The maximum Gasteiger partial charge on any atom is 0.494 e. The van der Waals surface area contributed by atoms with E-state index in [1.165, 1.54) is 18.2 Å². The van der Waals surface area contributed by atoms with Gasteiger partial charge < -0.3 is 14.6 Å². The summed E-state index contributed by atoms with van der Waals surface area (Å²) in [4.78, 5) is 16.1. The van der Waals surface area contributed by atoms with Crippen molar-refractivity contribution in [1.82, 2.24) is 4.98 Å². The molecule has 0 aliphatic carbocycles. The second-order valence-electron chi connectivity index (χ2n) is 7.89. The molecule has 1 aliphatic heterocycles. The smallest absolute Gasteiger partial charge is 0.399 e. The normalized spacial score (nSPS) is 17.5. The van der Waals surface area contributed by atoms with Gasteiger partial charge in [-0.15, -0.1) is 0 Å². The number of pyridine rings is 1. The van der Waals surface area contributed by atoms with Crippen LogP contribution in [0.3, 0.4) is 0 Å². The zero-order valence-corrected chi connectivity index (χ0v) is 16.8. The van der Waals surface area contributed by atoms with E-state index >= 15 is 0 Å². The third kappa shape index (κ3) is 4.18. The number of anilines is 1. The average molecular weight is 417 g/mol. The molecular formula is C20H19BF3N3O3. The Kier molecular flexibility index (Phi) is 5.39. The van der Waals surface area contributed by atoms with Gasteiger partial charge in [-0.25, -0.2) is 4.98 Å². The number of carbonyl (C=O) groups excluding carboxylic acids is 1. The van der Waals surface area contributed by atoms with Gasteiger partial charge in [0, 0.05) is 11.8 Å². The van der Waals surface area contributed by atoms with E-state index in [0.717, 1.165) is 6.20 Å². The van der Waals surface area contributed by atoms with Crippen LogP contribution in [-0.2, 0) is 15.5 Å². The minimum absolute atomic E-state index is 0.218. The Balaban J connectivity index is 1.76. The van der Waals surface area contributed by atoms with Gasteiger partial charge in [-0.2, -0.15) is 18.4 Å². The Morgan fingerprint density at radius 1 is 1.13 bits per heavy atom. The fourth-order valence-corrected chi connectivity index (χ4v) is 2.81. The molecule has 1 saturated heterocycles. The Hall–Kier alpha value is -2.90. The van der Waals surface area contributed by atoms with Crippen molar-refractivity contribution in [1.29, 1.82) is 5.26 Å². The first-order valence-corrected chi connectivity index (χ1v) is 9.08. The SMILES string of the molecule is CC1(C)OB(c2ccc(C(=O)Nc3cc(C(F)(F)F)c(C#N)cn3)cc2)OC1(C)C. The van der Waals surface area contributed by atoms with E-state index in [4.69, 9.17) is 14.6 Å². The average Bonchev–Trinajstić information content (AvgIpc) is 2.88. The lowest BCUT2D eigenvalue weighted by molar-refractivity contribution is -0.137. The maximum atomic E-state index is 13.1. The zero-order valence-electron chi connectivity index (χ0n) is 16.8. The first-order valence-electron chi connectivity index (χ1n) is 9.08. The summed E-state index contributed by atoms with van der Waals surface area (Å²) in [7, 11) is -0.596. The molecule has 1 aromatic carbocycles. The van der Waals surface area contributed by atoms with Crippen molar-refractivity contribution in [3.8, 4) is 6.07 Å². The highest BCUT2D eigenvalue weighted by atomic mass is 19.4. The molecule has 0 unspecified atom stereocenters. The van der Waals surface area contributed by atoms with Gasteiger partial charge in [-0.3, -0.25) is 4.79 Å². The van der Waals surface area contributed by atoms with Gasteiger partial charge in [0.05, 0.1) is 22.3 Å². The number of nitrogens with one attached hydrogen (secondary N) is 1. The summed E-state index contributed by atoms with van der Waals surface area (Å²) >= 11 is 0. The second-order valence-corrected chi connectivity index (χ2v) is 7.89. The summed E-state index contributed by atoms with van der Waals surface area (Å²) in [5.74, 6) is -0.942. The summed E-state index contributed by atoms with van der Waals surface area (Å²) in [6.07, 6.45) is -3.96. The van der Waals surface area contributed by atoms with Crippen molar-refractivity contribution in [2.24, 2.45) is 0 Å². The third-order valence-corrected chi connectivity index (χ3v) is 5.27. The maximum absolute atomic E-state index is 13.1. The molecule has 2 aromatic rings. The van der Waals surface area contributed by atoms with Crippen LogP contribution in [0.1, 0.15) is 49.2 Å². The van der Waals surface area contributed by atoms with Crippen LogP contribution in [-0.4, -0.2) is 29.2 Å². The molecule has 1 aliphatic rings. The predicted molar refractivity (Wildman–Crippen MR) is 104 cm³/mol. The number of rotatable bonds is 3. The molecule has 1 amide bonds. The van der Waals surface area contributed by atoms with Crippen LogP contribution in [0.25, 0.3) is 0 Å². The summed E-state index contributed by atoms with van der Waals surface area (Å²) in [6.45, 7) is 7.70. The summed E-state index contributed by atoms with van der Waals surface area (Å²) < 4.78 is 51.1. The van der Waals surface area contributed by atoms with Crippen LogP contribution in [0, 0.1) is 11.3 Å². The Morgan fingerprint density at radius 3 is 2.20 bits per heavy atom. The van der Waals surface area contributed by atoms with Crippen LogP contribution in [0.5, 0.6) is 0 Å². The van der Waals surface area contributed by atoms with Crippen molar-refractivity contribution >= 4 is 24.3 Å². The number of aromatic nitrogens is 1. The fourth-order valence-electron chi connectivity index (χ4n) is 2.81. The largest absolute Gasteiger partial charge is 0.494 e. The molecule has 2 heterocycles. The van der Waals surface area contributed by atoms with Crippen LogP contribution in [0.4, 0.5) is 19.0 Å². The van der Waals surface area contributed by atoms with Gasteiger partial charge in [0.15, 0.2) is 0 Å². The van der Waals surface area contributed by atoms with Crippen molar-refractivity contribution < 1.29 is 27.3 Å². The third-order valence-electron chi connectivity index (χ3n) is 5.27. The van der Waals surface area contributed by atoms with Crippen LogP contribution < -0.4 is 10.8 Å². The standard InChI is InChI=1S/C20H19BF3N3O3/c1-18(2)19(3,4)30-21(29-18)14-7-5-12(6-8-14)17(28)27-16-9-15(20(22,23)24)13(10-25)11-26-16/h5-9,11H,1-4H3,(H,26,27,28). The topological polar surface area (TPSA) is 84.2 Å². The first-order chi connectivity index (χ1) is 13.8. The number of carbonyl (C=O) groups is 1. The molecule has 0 spiro atoms. The van der Waals surface area contributed by atoms with E-state index in [-0.39, 0.29) is 11.4 Å². The molecule has 156 valence electrons. The van der Waals surface area contributed by atoms with E-state index in [0.29, 0.717) is 11.5 Å². The number of hydrogen-bond donors (Lipinski definition) is 1. The van der Waals surface area contributed by atoms with E-state index in [1.54, 1.807) is 12.1 Å². The van der Waals surface area contributed by atoms with Gasteiger partial charge in [0.2, 0.25) is 0 Å². The zero-order chi connectivity index (χ0) is 22.3. The molecule has 3 rings (SSSR count). The number of alkyl halides is 3. The minimum atomic E-state index is -4.74. The van der Waals surface area contributed by atoms with Crippen LogP contribution >= 0.6 is 0 Å². The highest BCUT2D eigenvalue weighted by Gasteiger charge is 2.51. The van der Waals surface area contributed by atoms with Crippen LogP contribution in [0.15, 0.2) is 36.5 Å². The number of hydrogen-bond acceptors (Lipinski definition) is 5. The Morgan fingerprint density at radius 2 is 1.70 bits per heavy atom. The monoisotopic (exact) mass is 417 g/mol. The molecule has 10 heteroatoms. The molecule has 1 fully saturated rings. The molecule has 1 N–H and O–H groups in total. The number of nitriles is 1. The number of halogens is 3. The minimum Gasteiger partial charge on any atom is -0.399 e. The van der Waals surface area contributed by atoms with E-state index in [1.807, 2.05) is 27.7 Å². The van der Waals surface area contributed by atoms with Gasteiger partial charge in [0.25, 0.3) is 5.91 Å². The number of amides is 1. The summed E-state index contributed by atoms with van der Waals surface area (Å²) in [6, 6.07) is 8.42. The fraction of sp³-hybridized carbons (Fsp3) is 0.350. The lowest BCUT2D eigenvalue weighted by atomic mass is 9.79. The van der Waals surface area contributed by atoms with E-state index in [9.17, 15) is 18.0 Å². The van der Waals surface area contributed by atoms with Crippen molar-refractivity contribution in [2.45, 2.75) is 45.1 Å². The van der Waals surface area contributed by atoms with Crippen molar-refractivity contribution in [3.63, 3.8) is 0 Å². The lowest BCUT2D eigenvalue weighted by Gasteiger charge is -2.32. The first kappa shape index (κ1) is 21.8. The molecule has 6 nitrogen and oxygen atoms in total. The van der Waals surface area contributed by atoms with E-state index in [2.05, 4.69) is 10.3 Å². The number of nitrogens with zero attached hydrogens (tertiary/aromatic N) is 2. The molecular weight excluding hydrogens is 398 g/mol.